The number of fused-ring (bicyclic) bond motifs is 1. The Morgan fingerprint density at radius 1 is 1.67 bits per heavy atom. The lowest BCUT2D eigenvalue weighted by Crippen LogP contribution is -2.41. The van der Waals surface area contributed by atoms with E-state index >= 15 is 0 Å². The molecule has 1 aliphatic heterocycles. The summed E-state index contributed by atoms with van der Waals surface area (Å²) in [7, 11) is 0. The smallest absolute Gasteiger partial charge is 0.307 e. The van der Waals surface area contributed by atoms with Gasteiger partial charge in [-0.05, 0) is 44.2 Å². The van der Waals surface area contributed by atoms with Crippen LogP contribution in [0.1, 0.15) is 43.7 Å². The first kappa shape index (κ1) is 13.6. The molecule has 100 valence electrons. The van der Waals surface area contributed by atoms with Crippen molar-refractivity contribution in [2.24, 2.45) is 0 Å². The molecule has 0 saturated heterocycles. The number of ether oxygens (including phenoxy) is 1. The molecule has 18 heavy (non-hydrogen) atoms. The molecule has 0 radical (unpaired) electrons. The summed E-state index contributed by atoms with van der Waals surface area (Å²) in [6.45, 7) is 7.70. The van der Waals surface area contributed by atoms with Crippen molar-refractivity contribution in [2.45, 2.75) is 45.7 Å². The molecule has 2 heterocycles. The molecule has 2 rings (SSSR count). The van der Waals surface area contributed by atoms with E-state index in [0.717, 1.165) is 13.0 Å². The largest absolute Gasteiger partial charge is 0.466 e. The lowest BCUT2D eigenvalue weighted by Gasteiger charge is -2.37. The molecule has 1 aromatic rings. The van der Waals surface area contributed by atoms with Crippen LogP contribution in [0.2, 0.25) is 0 Å². The van der Waals surface area contributed by atoms with Crippen LogP contribution in [-0.2, 0) is 16.0 Å². The second-order valence-electron chi connectivity index (χ2n) is 4.82. The van der Waals surface area contributed by atoms with E-state index in [1.54, 1.807) is 0 Å². The first-order valence-corrected chi connectivity index (χ1v) is 7.49. The molecule has 4 heteroatoms. The van der Waals surface area contributed by atoms with Crippen molar-refractivity contribution in [1.29, 1.82) is 0 Å². The van der Waals surface area contributed by atoms with Crippen molar-refractivity contribution in [3.63, 3.8) is 0 Å². The van der Waals surface area contributed by atoms with Gasteiger partial charge in [-0.25, -0.2) is 0 Å². The van der Waals surface area contributed by atoms with Crippen molar-refractivity contribution < 1.29 is 9.53 Å². The van der Waals surface area contributed by atoms with E-state index in [0.29, 0.717) is 19.1 Å². The summed E-state index contributed by atoms with van der Waals surface area (Å²) >= 11 is 1.85. The highest BCUT2D eigenvalue weighted by Gasteiger charge is 2.29. The summed E-state index contributed by atoms with van der Waals surface area (Å²) in [5, 5.41) is 2.17. The van der Waals surface area contributed by atoms with Gasteiger partial charge in [-0.1, -0.05) is 0 Å². The van der Waals surface area contributed by atoms with Gasteiger partial charge in [-0.2, -0.15) is 0 Å². The van der Waals surface area contributed by atoms with Crippen LogP contribution in [0.25, 0.3) is 0 Å². The fourth-order valence-corrected chi connectivity index (χ4v) is 3.67. The van der Waals surface area contributed by atoms with E-state index in [2.05, 4.69) is 30.2 Å². The Kier molecular flexibility index (Phi) is 4.40. The average molecular weight is 267 g/mol. The number of esters is 1. The predicted molar refractivity (Wildman–Crippen MR) is 73.9 cm³/mol. The Labute approximate surface area is 113 Å². The minimum absolute atomic E-state index is 0.0895. The molecule has 2 unspecified atom stereocenters. The van der Waals surface area contributed by atoms with Crippen LogP contribution in [0, 0.1) is 0 Å². The molecule has 1 aliphatic rings. The first-order valence-electron chi connectivity index (χ1n) is 6.61. The molecular weight excluding hydrogens is 246 g/mol. The van der Waals surface area contributed by atoms with E-state index in [1.165, 1.54) is 10.4 Å². The number of thiophene rings is 1. The summed E-state index contributed by atoms with van der Waals surface area (Å²) in [5.74, 6) is -0.0895. The maximum Gasteiger partial charge on any atom is 0.307 e. The number of hydrogen-bond donors (Lipinski definition) is 0. The van der Waals surface area contributed by atoms with Crippen molar-refractivity contribution in [3.05, 3.63) is 21.9 Å². The van der Waals surface area contributed by atoms with Crippen molar-refractivity contribution in [2.75, 3.05) is 13.2 Å². The second kappa shape index (κ2) is 5.85. The second-order valence-corrected chi connectivity index (χ2v) is 5.82. The van der Waals surface area contributed by atoms with Crippen LogP contribution in [0.5, 0.6) is 0 Å². The zero-order chi connectivity index (χ0) is 13.1. The van der Waals surface area contributed by atoms with Gasteiger partial charge in [0, 0.05) is 23.5 Å². The van der Waals surface area contributed by atoms with Crippen molar-refractivity contribution >= 4 is 17.3 Å². The summed E-state index contributed by atoms with van der Waals surface area (Å²) in [6, 6.07) is 2.87. The highest BCUT2D eigenvalue weighted by atomic mass is 32.1. The molecule has 0 aromatic carbocycles. The van der Waals surface area contributed by atoms with Gasteiger partial charge in [0.25, 0.3) is 0 Å². The Hall–Kier alpha value is -0.870. The molecule has 0 spiro atoms. The van der Waals surface area contributed by atoms with Crippen LogP contribution in [-0.4, -0.2) is 30.1 Å². The molecule has 1 aromatic heterocycles. The predicted octanol–water partition coefficient (Wildman–Crippen LogP) is 3.01. The highest BCUT2D eigenvalue weighted by molar-refractivity contribution is 7.10. The standard InChI is InChI=1S/C14H21NO2S/c1-4-17-14(16)9-10(2)15-7-5-13-12(11(15)3)6-8-18-13/h6,8,10-11H,4-5,7,9H2,1-3H3. The molecule has 0 bridgehead atoms. The summed E-state index contributed by atoms with van der Waals surface area (Å²) in [4.78, 5) is 15.5. The molecule has 0 saturated carbocycles. The fourth-order valence-electron chi connectivity index (χ4n) is 2.71. The van der Waals surface area contributed by atoms with Crippen LogP contribution in [0.15, 0.2) is 11.4 Å². The van der Waals surface area contributed by atoms with Crippen molar-refractivity contribution in [1.82, 2.24) is 4.90 Å². The van der Waals surface area contributed by atoms with E-state index in [4.69, 9.17) is 4.74 Å². The molecular formula is C14H21NO2S. The van der Waals surface area contributed by atoms with E-state index < -0.39 is 0 Å². The van der Waals surface area contributed by atoms with Crippen molar-refractivity contribution in [3.8, 4) is 0 Å². The van der Waals surface area contributed by atoms with E-state index in [9.17, 15) is 4.79 Å². The topological polar surface area (TPSA) is 29.5 Å². The molecule has 2 atom stereocenters. The van der Waals surface area contributed by atoms with Gasteiger partial charge in [0.15, 0.2) is 0 Å². The minimum Gasteiger partial charge on any atom is -0.466 e. The normalized spacial score (nSPS) is 21.4. The lowest BCUT2D eigenvalue weighted by molar-refractivity contribution is -0.144. The summed E-state index contributed by atoms with van der Waals surface area (Å²) < 4.78 is 5.03. The van der Waals surface area contributed by atoms with Gasteiger partial charge in [0.1, 0.15) is 0 Å². The maximum absolute atomic E-state index is 11.6. The van der Waals surface area contributed by atoms with Gasteiger partial charge in [0.2, 0.25) is 0 Å². The molecule has 0 aliphatic carbocycles. The third kappa shape index (κ3) is 2.75. The third-order valence-corrected chi connectivity index (χ3v) is 4.65. The Balaban J connectivity index is 2.00. The Bertz CT molecular complexity index is 416. The number of nitrogens with zero attached hydrogens (tertiary/aromatic N) is 1. The molecule has 0 N–H and O–H groups in total. The van der Waals surface area contributed by atoms with E-state index in [-0.39, 0.29) is 12.0 Å². The first-order chi connectivity index (χ1) is 8.63. The Morgan fingerprint density at radius 3 is 3.17 bits per heavy atom. The number of hydrogen-bond acceptors (Lipinski definition) is 4. The monoisotopic (exact) mass is 267 g/mol. The number of rotatable bonds is 4. The van der Waals surface area contributed by atoms with Crippen LogP contribution >= 0.6 is 11.3 Å². The lowest BCUT2D eigenvalue weighted by atomic mass is 9.99. The van der Waals surface area contributed by atoms with Gasteiger partial charge in [0.05, 0.1) is 13.0 Å². The van der Waals surface area contributed by atoms with Gasteiger partial charge < -0.3 is 4.74 Å². The Morgan fingerprint density at radius 2 is 2.44 bits per heavy atom. The maximum atomic E-state index is 11.6. The summed E-state index contributed by atoms with van der Waals surface area (Å²) in [5.41, 5.74) is 1.43. The zero-order valence-electron chi connectivity index (χ0n) is 11.3. The van der Waals surface area contributed by atoms with Crippen LogP contribution < -0.4 is 0 Å². The van der Waals surface area contributed by atoms with Crippen LogP contribution in [0.4, 0.5) is 0 Å². The highest BCUT2D eigenvalue weighted by Crippen LogP contribution is 2.34. The zero-order valence-corrected chi connectivity index (χ0v) is 12.1. The summed E-state index contributed by atoms with van der Waals surface area (Å²) in [6.07, 6.45) is 1.59. The quantitative estimate of drug-likeness (QED) is 0.785. The average Bonchev–Trinajstić information content (AvgIpc) is 2.78. The van der Waals surface area contributed by atoms with Gasteiger partial charge >= 0.3 is 5.97 Å². The number of carbonyl (C=O) groups is 1. The van der Waals surface area contributed by atoms with Gasteiger partial charge in [-0.15, -0.1) is 11.3 Å². The van der Waals surface area contributed by atoms with E-state index in [1.807, 2.05) is 18.3 Å². The molecule has 3 nitrogen and oxygen atoms in total. The molecule has 0 fully saturated rings. The SMILES string of the molecule is CCOC(=O)CC(C)N1CCc2sccc2C1C. The number of carbonyl (C=O) groups excluding carboxylic acids is 1. The van der Waals surface area contributed by atoms with Gasteiger partial charge in [-0.3, -0.25) is 9.69 Å². The minimum atomic E-state index is -0.0895. The third-order valence-electron chi connectivity index (χ3n) is 3.66. The molecule has 0 amide bonds. The fraction of sp³-hybridized carbons (Fsp3) is 0.643. The van der Waals surface area contributed by atoms with Crippen LogP contribution in [0.3, 0.4) is 0 Å².